The molecule has 1 saturated heterocycles. The summed E-state index contributed by atoms with van der Waals surface area (Å²) in [5, 5.41) is 5.90. The molecule has 2 N–H and O–H groups in total. The summed E-state index contributed by atoms with van der Waals surface area (Å²) in [6.07, 6.45) is 4.73. The Balaban J connectivity index is 1.24. The SMILES string of the molecule is C=C1CC2C=Nc3cc(OCCCOc4cc5c(cc4OC)C(=O)NCC(=C)NC/C=N\5)c(OC)cc3C(=O)N2C1. The average Bonchev–Trinajstić information content (AvgIpc) is 3.30. The summed E-state index contributed by atoms with van der Waals surface area (Å²) in [6, 6.07) is 6.63. The summed E-state index contributed by atoms with van der Waals surface area (Å²) < 4.78 is 23.0. The zero-order valence-electron chi connectivity index (χ0n) is 23.2. The third kappa shape index (κ3) is 6.03. The van der Waals surface area contributed by atoms with Gasteiger partial charge in [-0.2, -0.15) is 0 Å². The van der Waals surface area contributed by atoms with Gasteiger partial charge < -0.3 is 34.5 Å². The lowest BCUT2D eigenvalue weighted by Crippen LogP contribution is -2.35. The number of amides is 2. The third-order valence-electron chi connectivity index (χ3n) is 6.92. The molecule has 214 valence electrons. The Morgan fingerprint density at radius 2 is 1.56 bits per heavy atom. The van der Waals surface area contributed by atoms with Crippen LogP contribution in [0.15, 0.2) is 58.7 Å². The van der Waals surface area contributed by atoms with Gasteiger partial charge in [0.05, 0.1) is 69.1 Å². The number of hydrogen-bond donors (Lipinski definition) is 2. The largest absolute Gasteiger partial charge is 0.493 e. The van der Waals surface area contributed by atoms with Crippen LogP contribution in [0, 0.1) is 0 Å². The van der Waals surface area contributed by atoms with Crippen molar-refractivity contribution >= 4 is 35.6 Å². The van der Waals surface area contributed by atoms with Crippen LogP contribution in [0.1, 0.15) is 33.6 Å². The van der Waals surface area contributed by atoms with Gasteiger partial charge in [-0.25, -0.2) is 0 Å². The third-order valence-corrected chi connectivity index (χ3v) is 6.92. The van der Waals surface area contributed by atoms with E-state index in [4.69, 9.17) is 18.9 Å². The maximum atomic E-state index is 13.2. The van der Waals surface area contributed by atoms with Crippen LogP contribution in [-0.4, -0.2) is 82.3 Å². The minimum absolute atomic E-state index is 0.0880. The molecule has 41 heavy (non-hydrogen) atoms. The number of carbonyl (C=O) groups excluding carboxylic acids is 2. The first kappa shape index (κ1) is 27.8. The lowest BCUT2D eigenvalue weighted by molar-refractivity contribution is 0.0777. The van der Waals surface area contributed by atoms with Crippen LogP contribution in [0.3, 0.4) is 0 Å². The topological polar surface area (TPSA) is 123 Å². The Kier molecular flexibility index (Phi) is 8.23. The fraction of sp³-hybridized carbons (Fsp3) is 0.333. The molecule has 1 fully saturated rings. The highest BCUT2D eigenvalue weighted by molar-refractivity contribution is 6.04. The van der Waals surface area contributed by atoms with Crippen molar-refractivity contribution in [3.63, 3.8) is 0 Å². The molecule has 0 saturated carbocycles. The maximum absolute atomic E-state index is 13.2. The molecule has 1 unspecified atom stereocenters. The minimum Gasteiger partial charge on any atom is -0.493 e. The molecule has 3 heterocycles. The fourth-order valence-corrected chi connectivity index (χ4v) is 4.82. The summed E-state index contributed by atoms with van der Waals surface area (Å²) in [4.78, 5) is 36.7. The van der Waals surface area contributed by atoms with E-state index in [0.29, 0.717) is 96.9 Å². The Morgan fingerprint density at radius 1 is 0.902 bits per heavy atom. The molecule has 5 rings (SSSR count). The second-order valence-electron chi connectivity index (χ2n) is 9.80. The predicted molar refractivity (Wildman–Crippen MR) is 156 cm³/mol. The molecule has 2 aromatic carbocycles. The Hall–Kier alpha value is -4.80. The van der Waals surface area contributed by atoms with Gasteiger partial charge >= 0.3 is 0 Å². The predicted octanol–water partition coefficient (Wildman–Crippen LogP) is 3.59. The number of hydrogen-bond acceptors (Lipinski definition) is 9. The first-order chi connectivity index (χ1) is 19.9. The van der Waals surface area contributed by atoms with Crippen molar-refractivity contribution in [2.45, 2.75) is 18.9 Å². The molecule has 11 nitrogen and oxygen atoms in total. The van der Waals surface area contributed by atoms with E-state index in [2.05, 4.69) is 33.8 Å². The van der Waals surface area contributed by atoms with Gasteiger partial charge in [0.25, 0.3) is 11.8 Å². The normalized spacial score (nSPS) is 18.8. The van der Waals surface area contributed by atoms with Crippen LogP contribution in [0.2, 0.25) is 0 Å². The molecule has 0 aliphatic carbocycles. The fourth-order valence-electron chi connectivity index (χ4n) is 4.82. The number of nitrogens with zero attached hydrogens (tertiary/aromatic N) is 3. The average molecular weight is 560 g/mol. The second-order valence-corrected chi connectivity index (χ2v) is 9.80. The van der Waals surface area contributed by atoms with E-state index in [1.807, 2.05) is 0 Å². The summed E-state index contributed by atoms with van der Waals surface area (Å²) in [6.45, 7) is 9.84. The summed E-state index contributed by atoms with van der Waals surface area (Å²) in [7, 11) is 3.05. The van der Waals surface area contributed by atoms with Crippen molar-refractivity contribution in [1.82, 2.24) is 15.5 Å². The van der Waals surface area contributed by atoms with Gasteiger partial charge in [0.2, 0.25) is 0 Å². The van der Waals surface area contributed by atoms with Crippen LogP contribution in [0.25, 0.3) is 0 Å². The summed E-state index contributed by atoms with van der Waals surface area (Å²) in [5.74, 6) is 1.44. The highest BCUT2D eigenvalue weighted by Gasteiger charge is 2.34. The van der Waals surface area contributed by atoms with Gasteiger partial charge in [0, 0.05) is 43.2 Å². The number of carbonyl (C=O) groups is 2. The molecule has 3 aliphatic rings. The van der Waals surface area contributed by atoms with E-state index >= 15 is 0 Å². The molecule has 0 aromatic heterocycles. The van der Waals surface area contributed by atoms with Crippen LogP contribution in [-0.2, 0) is 0 Å². The number of rotatable bonds is 8. The Morgan fingerprint density at radius 3 is 2.24 bits per heavy atom. The molecule has 1 atom stereocenters. The summed E-state index contributed by atoms with van der Waals surface area (Å²) >= 11 is 0. The van der Waals surface area contributed by atoms with Gasteiger partial charge in [-0.15, -0.1) is 0 Å². The van der Waals surface area contributed by atoms with Crippen molar-refractivity contribution in [3.05, 3.63) is 59.8 Å². The molecule has 0 radical (unpaired) electrons. The number of ether oxygens (including phenoxy) is 4. The zero-order valence-corrected chi connectivity index (χ0v) is 23.2. The van der Waals surface area contributed by atoms with Gasteiger partial charge in [0.15, 0.2) is 23.0 Å². The molecular formula is C30H33N5O6. The van der Waals surface area contributed by atoms with Gasteiger partial charge in [0.1, 0.15) is 0 Å². The number of fused-ring (bicyclic) bond motifs is 3. The van der Waals surface area contributed by atoms with Gasteiger partial charge in [-0.05, 0) is 18.6 Å². The van der Waals surface area contributed by atoms with E-state index in [1.54, 1.807) is 41.6 Å². The monoisotopic (exact) mass is 559 g/mol. The molecule has 2 amide bonds. The quantitative estimate of drug-likeness (QED) is 0.374. The van der Waals surface area contributed by atoms with E-state index in [1.165, 1.54) is 14.2 Å². The van der Waals surface area contributed by atoms with Crippen molar-refractivity contribution in [1.29, 1.82) is 0 Å². The molecule has 11 heteroatoms. The van der Waals surface area contributed by atoms with Crippen molar-refractivity contribution in [2.75, 3.05) is 47.1 Å². The minimum atomic E-state index is -0.285. The first-order valence-electron chi connectivity index (χ1n) is 13.3. The maximum Gasteiger partial charge on any atom is 0.257 e. The molecule has 2 aromatic rings. The van der Waals surface area contributed by atoms with E-state index in [0.717, 1.165) is 5.57 Å². The van der Waals surface area contributed by atoms with E-state index in [9.17, 15) is 9.59 Å². The number of benzene rings is 2. The number of aliphatic imine (C=N–C) groups is 2. The van der Waals surface area contributed by atoms with E-state index in [-0.39, 0.29) is 17.9 Å². The first-order valence-corrected chi connectivity index (χ1v) is 13.3. The van der Waals surface area contributed by atoms with E-state index < -0.39 is 0 Å². The standard InChI is InChI=1S/C30H33N5O6/c1-18-10-20-16-33-24-14-28(26(39-4)12-22(24)30(37)35(20)17-18)41-9-5-8-40-27-13-23-21(11-25(27)38-3)29(36)34-15-19(2)31-6-7-32-23/h7,11-14,16,20,31H,1-2,5-6,8-10,15,17H2,3-4H3,(H,34,36)/b32-7-. The summed E-state index contributed by atoms with van der Waals surface area (Å²) in [5.41, 5.74) is 3.57. The zero-order chi connectivity index (χ0) is 28.9. The number of methoxy groups -OCH3 is 2. The Bertz CT molecular complexity index is 1430. The lowest BCUT2D eigenvalue weighted by Gasteiger charge is -2.20. The molecule has 0 bridgehead atoms. The highest BCUT2D eigenvalue weighted by Crippen LogP contribution is 2.39. The van der Waals surface area contributed by atoms with Crippen LogP contribution in [0.5, 0.6) is 23.0 Å². The molecule has 3 aliphatic heterocycles. The van der Waals surface area contributed by atoms with Gasteiger partial charge in [-0.1, -0.05) is 18.7 Å². The van der Waals surface area contributed by atoms with Crippen molar-refractivity contribution < 1.29 is 28.5 Å². The van der Waals surface area contributed by atoms with Crippen LogP contribution in [0.4, 0.5) is 11.4 Å². The highest BCUT2D eigenvalue weighted by atomic mass is 16.5. The van der Waals surface area contributed by atoms with Gasteiger partial charge in [-0.3, -0.25) is 19.6 Å². The smallest absolute Gasteiger partial charge is 0.257 e. The van der Waals surface area contributed by atoms with Crippen molar-refractivity contribution in [2.24, 2.45) is 9.98 Å². The lowest BCUT2D eigenvalue weighted by atomic mass is 10.1. The molecular weight excluding hydrogens is 526 g/mol. The Labute approximate surface area is 238 Å². The van der Waals surface area contributed by atoms with Crippen molar-refractivity contribution in [3.8, 4) is 23.0 Å². The van der Waals surface area contributed by atoms with Crippen LogP contribution < -0.4 is 29.6 Å². The number of nitrogens with one attached hydrogen (secondary N) is 2. The molecule has 0 spiro atoms. The second kappa shape index (κ2) is 12.2. The van der Waals surface area contributed by atoms with Crippen LogP contribution >= 0.6 is 0 Å².